The standard InChI is InChI=1S/C21H25N3O3/c1-3-16-13-18(22-27-16)20(26)24-11-9-21(10-12-24)14-17(19(25)23(21)2)15-7-5-4-6-8-15/h4-8,13,17H,3,9-12,14H2,1-2H3/t17-/m0/s1. The summed E-state index contributed by atoms with van der Waals surface area (Å²) in [5.74, 6) is 0.740. The molecule has 0 saturated carbocycles. The summed E-state index contributed by atoms with van der Waals surface area (Å²) in [6.45, 7) is 3.23. The molecule has 1 aromatic carbocycles. The highest BCUT2D eigenvalue weighted by molar-refractivity contribution is 5.92. The number of hydrogen-bond donors (Lipinski definition) is 0. The van der Waals surface area contributed by atoms with Gasteiger partial charge in [-0.05, 0) is 24.8 Å². The van der Waals surface area contributed by atoms with Gasteiger partial charge in [0.25, 0.3) is 5.91 Å². The fraction of sp³-hybridized carbons (Fsp3) is 0.476. The van der Waals surface area contributed by atoms with Crippen LogP contribution in [-0.2, 0) is 11.2 Å². The van der Waals surface area contributed by atoms with Crippen molar-refractivity contribution in [2.75, 3.05) is 20.1 Å². The monoisotopic (exact) mass is 367 g/mol. The maximum absolute atomic E-state index is 12.9. The quantitative estimate of drug-likeness (QED) is 0.837. The van der Waals surface area contributed by atoms with E-state index in [1.54, 1.807) is 6.07 Å². The van der Waals surface area contributed by atoms with Crippen LogP contribution in [0.1, 0.15) is 53.9 Å². The number of amides is 2. The SMILES string of the molecule is CCc1cc(C(=O)N2CCC3(CC2)C[C@@H](c2ccccc2)C(=O)N3C)no1. The highest BCUT2D eigenvalue weighted by Crippen LogP contribution is 2.44. The molecule has 1 aromatic heterocycles. The van der Waals surface area contributed by atoms with Crippen molar-refractivity contribution in [3.8, 4) is 0 Å². The molecule has 142 valence electrons. The molecule has 3 heterocycles. The molecule has 27 heavy (non-hydrogen) atoms. The van der Waals surface area contributed by atoms with Gasteiger partial charge < -0.3 is 14.3 Å². The van der Waals surface area contributed by atoms with E-state index in [2.05, 4.69) is 5.16 Å². The molecule has 6 heteroatoms. The molecule has 2 aliphatic rings. The molecule has 6 nitrogen and oxygen atoms in total. The predicted octanol–water partition coefficient (Wildman–Crippen LogP) is 2.86. The van der Waals surface area contributed by atoms with Crippen LogP contribution in [0.15, 0.2) is 40.9 Å². The Morgan fingerprint density at radius 1 is 1.26 bits per heavy atom. The Morgan fingerprint density at radius 2 is 1.96 bits per heavy atom. The number of nitrogens with zero attached hydrogens (tertiary/aromatic N) is 3. The summed E-state index contributed by atoms with van der Waals surface area (Å²) in [5, 5.41) is 3.90. The van der Waals surface area contributed by atoms with Gasteiger partial charge in [-0.1, -0.05) is 42.4 Å². The normalized spacial score (nSPS) is 21.9. The van der Waals surface area contributed by atoms with Crippen molar-refractivity contribution in [3.63, 3.8) is 0 Å². The molecule has 2 aliphatic heterocycles. The second kappa shape index (κ2) is 6.83. The third-order valence-electron chi connectivity index (χ3n) is 6.23. The molecule has 4 rings (SSSR count). The van der Waals surface area contributed by atoms with Crippen LogP contribution < -0.4 is 0 Å². The second-order valence-corrected chi connectivity index (χ2v) is 7.61. The van der Waals surface area contributed by atoms with Crippen LogP contribution in [-0.4, -0.2) is 52.4 Å². The van der Waals surface area contributed by atoms with E-state index in [4.69, 9.17) is 4.52 Å². The number of benzene rings is 1. The van der Waals surface area contributed by atoms with E-state index in [0.717, 1.165) is 37.0 Å². The third kappa shape index (κ3) is 3.03. The number of likely N-dealkylation sites (tertiary alicyclic amines) is 2. The topological polar surface area (TPSA) is 66.7 Å². The molecular formula is C21H25N3O3. The van der Waals surface area contributed by atoms with E-state index >= 15 is 0 Å². The van der Waals surface area contributed by atoms with Gasteiger partial charge in [-0.2, -0.15) is 0 Å². The fourth-order valence-electron chi connectivity index (χ4n) is 4.43. The zero-order valence-corrected chi connectivity index (χ0v) is 15.9. The van der Waals surface area contributed by atoms with E-state index in [1.165, 1.54) is 0 Å². The largest absolute Gasteiger partial charge is 0.361 e. The first-order valence-corrected chi connectivity index (χ1v) is 9.61. The van der Waals surface area contributed by atoms with Gasteiger partial charge in [-0.25, -0.2) is 0 Å². The Morgan fingerprint density at radius 3 is 2.59 bits per heavy atom. The zero-order valence-electron chi connectivity index (χ0n) is 15.9. The smallest absolute Gasteiger partial charge is 0.276 e. The van der Waals surface area contributed by atoms with Crippen LogP contribution in [0.4, 0.5) is 0 Å². The first kappa shape index (κ1) is 17.8. The highest BCUT2D eigenvalue weighted by atomic mass is 16.5. The molecule has 0 radical (unpaired) electrons. The minimum Gasteiger partial charge on any atom is -0.361 e. The highest BCUT2D eigenvalue weighted by Gasteiger charge is 2.50. The van der Waals surface area contributed by atoms with Gasteiger partial charge in [0, 0.05) is 38.2 Å². The Hall–Kier alpha value is -2.63. The molecule has 1 spiro atoms. The van der Waals surface area contributed by atoms with E-state index in [9.17, 15) is 9.59 Å². The lowest BCUT2D eigenvalue weighted by Crippen LogP contribution is -2.52. The van der Waals surface area contributed by atoms with Crippen LogP contribution in [0.25, 0.3) is 0 Å². The molecule has 2 saturated heterocycles. The Bertz CT molecular complexity index is 837. The van der Waals surface area contributed by atoms with Crippen molar-refractivity contribution in [1.29, 1.82) is 0 Å². The Labute approximate surface area is 159 Å². The van der Waals surface area contributed by atoms with Crippen molar-refractivity contribution < 1.29 is 14.1 Å². The number of likely N-dealkylation sites (N-methyl/N-ethyl adjacent to an activating group) is 1. The number of hydrogen-bond acceptors (Lipinski definition) is 4. The summed E-state index contributed by atoms with van der Waals surface area (Å²) in [6, 6.07) is 11.7. The lowest BCUT2D eigenvalue weighted by molar-refractivity contribution is -0.131. The van der Waals surface area contributed by atoms with E-state index < -0.39 is 0 Å². The Balaban J connectivity index is 1.46. The lowest BCUT2D eigenvalue weighted by Gasteiger charge is -2.43. The fourth-order valence-corrected chi connectivity index (χ4v) is 4.43. The molecule has 2 fully saturated rings. The van der Waals surface area contributed by atoms with Gasteiger partial charge in [0.1, 0.15) is 5.76 Å². The summed E-state index contributed by atoms with van der Waals surface area (Å²) in [4.78, 5) is 29.3. The van der Waals surface area contributed by atoms with Crippen molar-refractivity contribution >= 4 is 11.8 Å². The molecule has 0 aliphatic carbocycles. The molecule has 1 atom stereocenters. The van der Waals surface area contributed by atoms with E-state index in [1.807, 2.05) is 54.1 Å². The van der Waals surface area contributed by atoms with Gasteiger partial charge in [0.2, 0.25) is 5.91 Å². The summed E-state index contributed by atoms with van der Waals surface area (Å²) in [6.07, 6.45) is 3.13. The predicted molar refractivity (Wildman–Crippen MR) is 100 cm³/mol. The summed E-state index contributed by atoms with van der Waals surface area (Å²) >= 11 is 0. The molecule has 0 N–H and O–H groups in total. The molecular weight excluding hydrogens is 342 g/mol. The first-order chi connectivity index (χ1) is 13.0. The number of carbonyl (C=O) groups is 2. The minimum atomic E-state index is -0.160. The third-order valence-corrected chi connectivity index (χ3v) is 6.23. The average molecular weight is 367 g/mol. The number of piperidine rings is 1. The van der Waals surface area contributed by atoms with Crippen molar-refractivity contribution in [2.24, 2.45) is 0 Å². The summed E-state index contributed by atoms with van der Waals surface area (Å²) in [5.41, 5.74) is 1.30. The van der Waals surface area contributed by atoms with Gasteiger partial charge in [0.05, 0.1) is 5.92 Å². The van der Waals surface area contributed by atoms with Gasteiger partial charge in [0.15, 0.2) is 5.69 Å². The van der Waals surface area contributed by atoms with E-state index in [0.29, 0.717) is 18.8 Å². The van der Waals surface area contributed by atoms with Crippen LogP contribution in [0.2, 0.25) is 0 Å². The number of rotatable bonds is 3. The van der Waals surface area contributed by atoms with Crippen LogP contribution in [0, 0.1) is 0 Å². The zero-order chi connectivity index (χ0) is 19.0. The van der Waals surface area contributed by atoms with Crippen LogP contribution in [0.3, 0.4) is 0 Å². The maximum atomic E-state index is 12.9. The molecule has 0 unspecified atom stereocenters. The van der Waals surface area contributed by atoms with Crippen molar-refractivity contribution in [2.45, 2.75) is 44.1 Å². The number of aryl methyl sites for hydroxylation is 1. The van der Waals surface area contributed by atoms with Crippen LogP contribution in [0.5, 0.6) is 0 Å². The van der Waals surface area contributed by atoms with E-state index in [-0.39, 0.29) is 23.3 Å². The van der Waals surface area contributed by atoms with Gasteiger partial charge in [-0.3, -0.25) is 9.59 Å². The van der Waals surface area contributed by atoms with Crippen LogP contribution >= 0.6 is 0 Å². The molecule has 2 aromatic rings. The summed E-state index contributed by atoms with van der Waals surface area (Å²) < 4.78 is 5.16. The summed E-state index contributed by atoms with van der Waals surface area (Å²) in [7, 11) is 1.91. The second-order valence-electron chi connectivity index (χ2n) is 7.61. The first-order valence-electron chi connectivity index (χ1n) is 9.61. The maximum Gasteiger partial charge on any atom is 0.276 e. The Kier molecular flexibility index (Phi) is 4.50. The lowest BCUT2D eigenvalue weighted by atomic mass is 9.81. The van der Waals surface area contributed by atoms with Gasteiger partial charge in [-0.15, -0.1) is 0 Å². The molecule has 0 bridgehead atoms. The minimum absolute atomic E-state index is 0.0823. The van der Waals surface area contributed by atoms with Gasteiger partial charge >= 0.3 is 0 Å². The molecule has 2 amide bonds. The average Bonchev–Trinajstić information content (AvgIpc) is 3.29. The number of aromatic nitrogens is 1. The van der Waals surface area contributed by atoms with Crippen molar-refractivity contribution in [1.82, 2.24) is 15.0 Å². The number of carbonyl (C=O) groups excluding carboxylic acids is 2. The van der Waals surface area contributed by atoms with Crippen molar-refractivity contribution in [3.05, 3.63) is 53.4 Å².